The van der Waals surface area contributed by atoms with Gasteiger partial charge in [0.2, 0.25) is 0 Å². The van der Waals surface area contributed by atoms with E-state index in [9.17, 15) is 9.59 Å². The largest absolute Gasteiger partial charge is 0.480 e. The van der Waals surface area contributed by atoms with Crippen LogP contribution in [0.1, 0.15) is 18.4 Å². The van der Waals surface area contributed by atoms with Crippen LogP contribution >= 0.6 is 0 Å². The summed E-state index contributed by atoms with van der Waals surface area (Å²) in [5.41, 5.74) is 0.865. The molecular weight excluding hydrogens is 246 g/mol. The molecule has 1 aliphatic rings. The van der Waals surface area contributed by atoms with E-state index < -0.39 is 18.1 Å². The quantitative estimate of drug-likeness (QED) is 0.907. The zero-order valence-corrected chi connectivity index (χ0v) is 10.4. The van der Waals surface area contributed by atoms with Crippen LogP contribution in [-0.2, 0) is 16.1 Å². The molecule has 2 rings (SSSR count). The van der Waals surface area contributed by atoms with Crippen molar-refractivity contribution in [3.05, 3.63) is 48.2 Å². The third-order valence-electron chi connectivity index (χ3n) is 2.91. The maximum absolute atomic E-state index is 11.9. The monoisotopic (exact) mass is 261 g/mol. The van der Waals surface area contributed by atoms with Gasteiger partial charge in [-0.2, -0.15) is 0 Å². The highest BCUT2D eigenvalue weighted by molar-refractivity contribution is 5.81. The minimum Gasteiger partial charge on any atom is -0.480 e. The smallest absolute Gasteiger partial charge is 0.414 e. The summed E-state index contributed by atoms with van der Waals surface area (Å²) in [7, 11) is 0. The summed E-state index contributed by atoms with van der Waals surface area (Å²) < 4.78 is 5.12. The van der Waals surface area contributed by atoms with E-state index >= 15 is 0 Å². The first-order chi connectivity index (χ1) is 9.18. The molecule has 0 unspecified atom stereocenters. The minimum atomic E-state index is -1.01. The molecule has 100 valence electrons. The van der Waals surface area contributed by atoms with Gasteiger partial charge in [0, 0.05) is 6.20 Å². The Kier molecular flexibility index (Phi) is 4.18. The van der Waals surface area contributed by atoms with Crippen molar-refractivity contribution < 1.29 is 19.4 Å². The molecule has 0 saturated heterocycles. The number of carboxylic acids is 1. The molecule has 1 aliphatic heterocycles. The van der Waals surface area contributed by atoms with Crippen LogP contribution < -0.4 is 0 Å². The number of nitrogens with zero attached hydrogens (tertiary/aromatic N) is 1. The number of carboxylic acid groups (broad SMARTS) is 1. The van der Waals surface area contributed by atoms with E-state index in [1.807, 2.05) is 30.3 Å². The van der Waals surface area contributed by atoms with Gasteiger partial charge in [-0.25, -0.2) is 9.59 Å². The van der Waals surface area contributed by atoms with E-state index in [2.05, 4.69) is 0 Å². The second-order valence-corrected chi connectivity index (χ2v) is 4.26. The Labute approximate surface area is 111 Å². The first kappa shape index (κ1) is 13.1. The number of rotatable bonds is 3. The number of ether oxygens (including phenoxy) is 1. The summed E-state index contributed by atoms with van der Waals surface area (Å²) in [4.78, 5) is 24.1. The van der Waals surface area contributed by atoms with Crippen LogP contribution in [0, 0.1) is 0 Å². The maximum Gasteiger partial charge on any atom is 0.414 e. The molecule has 5 heteroatoms. The predicted molar refractivity (Wildman–Crippen MR) is 68.3 cm³/mol. The van der Waals surface area contributed by atoms with Crippen molar-refractivity contribution in [3.63, 3.8) is 0 Å². The van der Waals surface area contributed by atoms with E-state index in [1.54, 1.807) is 6.08 Å². The third kappa shape index (κ3) is 3.34. The van der Waals surface area contributed by atoms with Crippen LogP contribution in [0.3, 0.4) is 0 Å². The summed E-state index contributed by atoms with van der Waals surface area (Å²) in [6.45, 7) is 0.135. The second-order valence-electron chi connectivity index (χ2n) is 4.26. The molecular formula is C14H15NO4. The fraction of sp³-hybridized carbons (Fsp3) is 0.286. The van der Waals surface area contributed by atoms with E-state index in [-0.39, 0.29) is 6.61 Å². The van der Waals surface area contributed by atoms with Crippen molar-refractivity contribution >= 4 is 12.1 Å². The molecule has 0 fully saturated rings. The van der Waals surface area contributed by atoms with E-state index in [0.717, 1.165) is 10.5 Å². The molecule has 1 aromatic rings. The van der Waals surface area contributed by atoms with Crippen LogP contribution in [-0.4, -0.2) is 28.1 Å². The number of amides is 1. The van der Waals surface area contributed by atoms with Crippen molar-refractivity contribution in [3.8, 4) is 0 Å². The summed E-state index contributed by atoms with van der Waals surface area (Å²) in [6.07, 6.45) is 3.68. The van der Waals surface area contributed by atoms with Gasteiger partial charge in [0.1, 0.15) is 12.6 Å². The SMILES string of the molecule is O=C(O)[C@@H]1CCC=CN1C(=O)OCc1ccccc1. The number of aliphatic carboxylic acids is 1. The molecule has 0 saturated carbocycles. The normalized spacial score (nSPS) is 18.1. The van der Waals surface area contributed by atoms with E-state index in [0.29, 0.717) is 12.8 Å². The first-order valence-corrected chi connectivity index (χ1v) is 6.07. The van der Waals surface area contributed by atoms with Crippen LogP contribution in [0.4, 0.5) is 4.79 Å². The van der Waals surface area contributed by atoms with Crippen molar-refractivity contribution in [2.45, 2.75) is 25.5 Å². The fourth-order valence-electron chi connectivity index (χ4n) is 1.91. The average molecular weight is 261 g/mol. The van der Waals surface area contributed by atoms with Gasteiger partial charge in [-0.1, -0.05) is 36.4 Å². The zero-order chi connectivity index (χ0) is 13.7. The van der Waals surface area contributed by atoms with Crippen LogP contribution in [0.25, 0.3) is 0 Å². The zero-order valence-electron chi connectivity index (χ0n) is 10.4. The second kappa shape index (κ2) is 6.04. The molecule has 1 amide bonds. The van der Waals surface area contributed by atoms with Gasteiger partial charge in [-0.05, 0) is 18.4 Å². The molecule has 1 N–H and O–H groups in total. The molecule has 1 heterocycles. The highest BCUT2D eigenvalue weighted by Crippen LogP contribution is 2.16. The van der Waals surface area contributed by atoms with Gasteiger partial charge >= 0.3 is 12.1 Å². The average Bonchev–Trinajstić information content (AvgIpc) is 2.46. The van der Waals surface area contributed by atoms with E-state index in [4.69, 9.17) is 9.84 Å². The molecule has 0 aromatic heterocycles. The lowest BCUT2D eigenvalue weighted by molar-refractivity contribution is -0.142. The summed E-state index contributed by atoms with van der Waals surface area (Å²) >= 11 is 0. The lowest BCUT2D eigenvalue weighted by Crippen LogP contribution is -2.43. The number of benzene rings is 1. The molecule has 0 aliphatic carbocycles. The lowest BCUT2D eigenvalue weighted by atomic mass is 10.1. The van der Waals surface area contributed by atoms with Gasteiger partial charge in [0.25, 0.3) is 0 Å². The highest BCUT2D eigenvalue weighted by Gasteiger charge is 2.30. The molecule has 5 nitrogen and oxygen atoms in total. The molecule has 19 heavy (non-hydrogen) atoms. The summed E-state index contributed by atoms with van der Waals surface area (Å²) in [5.74, 6) is -1.01. The van der Waals surface area contributed by atoms with Gasteiger partial charge < -0.3 is 9.84 Å². The Hall–Kier alpha value is -2.30. The predicted octanol–water partition coefficient (Wildman–Crippen LogP) is 2.39. The lowest BCUT2D eigenvalue weighted by Gasteiger charge is -2.27. The van der Waals surface area contributed by atoms with Crippen LogP contribution in [0.15, 0.2) is 42.6 Å². The maximum atomic E-state index is 11.9. The van der Waals surface area contributed by atoms with Crippen LogP contribution in [0.5, 0.6) is 0 Å². The highest BCUT2D eigenvalue weighted by atomic mass is 16.6. The van der Waals surface area contributed by atoms with Crippen molar-refractivity contribution in [1.29, 1.82) is 0 Å². The van der Waals surface area contributed by atoms with Gasteiger partial charge in [0.05, 0.1) is 0 Å². The Morgan fingerprint density at radius 1 is 1.32 bits per heavy atom. The number of carbonyl (C=O) groups excluding carboxylic acids is 1. The van der Waals surface area contributed by atoms with Gasteiger partial charge in [-0.15, -0.1) is 0 Å². The number of carbonyl (C=O) groups is 2. The molecule has 0 bridgehead atoms. The summed E-state index contributed by atoms with van der Waals surface area (Å²) in [5, 5.41) is 9.06. The topological polar surface area (TPSA) is 66.8 Å². The Morgan fingerprint density at radius 2 is 2.05 bits per heavy atom. The number of allylic oxidation sites excluding steroid dienone is 1. The van der Waals surface area contributed by atoms with Crippen LogP contribution in [0.2, 0.25) is 0 Å². The summed E-state index contributed by atoms with van der Waals surface area (Å²) in [6, 6.07) is 8.42. The van der Waals surface area contributed by atoms with E-state index in [1.165, 1.54) is 6.20 Å². The molecule has 0 spiro atoms. The number of hydrogen-bond acceptors (Lipinski definition) is 3. The fourth-order valence-corrected chi connectivity index (χ4v) is 1.91. The molecule has 0 radical (unpaired) electrons. The number of hydrogen-bond donors (Lipinski definition) is 1. The van der Waals surface area contributed by atoms with Crippen molar-refractivity contribution in [2.75, 3.05) is 0 Å². The standard InChI is InChI=1S/C14H15NO4/c16-13(17)12-8-4-5-9-15(12)14(18)19-10-11-6-2-1-3-7-11/h1-3,5-7,9,12H,4,8,10H2,(H,16,17)/t12-/m0/s1. The van der Waals surface area contributed by atoms with Crippen molar-refractivity contribution in [2.24, 2.45) is 0 Å². The van der Waals surface area contributed by atoms with Crippen molar-refractivity contribution in [1.82, 2.24) is 4.90 Å². The van der Waals surface area contributed by atoms with Gasteiger partial charge in [0.15, 0.2) is 0 Å². The Bertz CT molecular complexity index is 483. The molecule has 1 atom stereocenters. The Morgan fingerprint density at radius 3 is 2.74 bits per heavy atom. The van der Waals surface area contributed by atoms with Gasteiger partial charge in [-0.3, -0.25) is 4.90 Å². The molecule has 1 aromatic carbocycles. The Balaban J connectivity index is 1.97. The third-order valence-corrected chi connectivity index (χ3v) is 2.91. The first-order valence-electron chi connectivity index (χ1n) is 6.07. The minimum absolute atomic E-state index is 0.135.